The van der Waals surface area contributed by atoms with Crippen molar-refractivity contribution < 1.29 is 4.74 Å². The highest BCUT2D eigenvalue weighted by molar-refractivity contribution is 4.71. The van der Waals surface area contributed by atoms with Crippen molar-refractivity contribution in [2.24, 2.45) is 0 Å². The van der Waals surface area contributed by atoms with E-state index in [9.17, 15) is 0 Å². The SMILES string of the molecule is CCCCCCCC(CCCCCCC)OC1CCNCC1. The molecule has 0 aromatic rings. The van der Waals surface area contributed by atoms with Crippen LogP contribution in [0.15, 0.2) is 0 Å². The molecule has 1 aliphatic heterocycles. The highest BCUT2D eigenvalue weighted by atomic mass is 16.5. The summed E-state index contributed by atoms with van der Waals surface area (Å²) in [7, 11) is 0. The second kappa shape index (κ2) is 14.5. The second-order valence-corrected chi connectivity index (χ2v) is 7.11. The van der Waals surface area contributed by atoms with Gasteiger partial charge < -0.3 is 10.1 Å². The first kappa shape index (κ1) is 20.0. The fraction of sp³-hybridized carbons (Fsp3) is 1.00. The number of hydrogen-bond acceptors (Lipinski definition) is 2. The number of piperidine rings is 1. The first-order valence-electron chi connectivity index (χ1n) is 10.2. The highest BCUT2D eigenvalue weighted by Gasteiger charge is 2.18. The van der Waals surface area contributed by atoms with Gasteiger partial charge >= 0.3 is 0 Å². The van der Waals surface area contributed by atoms with Gasteiger partial charge in [-0.2, -0.15) is 0 Å². The maximum absolute atomic E-state index is 6.46. The first-order valence-corrected chi connectivity index (χ1v) is 10.2. The minimum atomic E-state index is 0.525. The molecule has 1 aliphatic rings. The Hall–Kier alpha value is -0.0800. The van der Waals surface area contributed by atoms with E-state index in [2.05, 4.69) is 19.2 Å². The first-order chi connectivity index (χ1) is 10.9. The van der Waals surface area contributed by atoms with Gasteiger partial charge in [-0.1, -0.05) is 78.1 Å². The van der Waals surface area contributed by atoms with Gasteiger partial charge in [-0.3, -0.25) is 0 Å². The number of unbranched alkanes of at least 4 members (excludes halogenated alkanes) is 8. The van der Waals surface area contributed by atoms with E-state index < -0.39 is 0 Å². The minimum absolute atomic E-state index is 0.525. The van der Waals surface area contributed by atoms with Crippen LogP contribution in [0.3, 0.4) is 0 Å². The molecule has 1 N–H and O–H groups in total. The molecule has 0 amide bonds. The zero-order valence-electron chi connectivity index (χ0n) is 15.4. The number of nitrogens with one attached hydrogen (secondary N) is 1. The quantitative estimate of drug-likeness (QED) is 0.407. The molecule has 0 aliphatic carbocycles. The molecule has 0 aromatic carbocycles. The van der Waals surface area contributed by atoms with Crippen LogP contribution < -0.4 is 5.32 Å². The minimum Gasteiger partial charge on any atom is -0.375 e. The number of ether oxygens (including phenoxy) is 1. The van der Waals surface area contributed by atoms with Gasteiger partial charge in [0.15, 0.2) is 0 Å². The zero-order chi connectivity index (χ0) is 15.9. The van der Waals surface area contributed by atoms with Crippen LogP contribution in [0.25, 0.3) is 0 Å². The molecule has 22 heavy (non-hydrogen) atoms. The smallest absolute Gasteiger partial charge is 0.0603 e. The highest BCUT2D eigenvalue weighted by Crippen LogP contribution is 2.20. The van der Waals surface area contributed by atoms with E-state index in [1.807, 2.05) is 0 Å². The summed E-state index contributed by atoms with van der Waals surface area (Å²) in [5.41, 5.74) is 0. The molecule has 0 aromatic heterocycles. The monoisotopic (exact) mass is 311 g/mol. The van der Waals surface area contributed by atoms with Crippen LogP contribution in [0.4, 0.5) is 0 Å². The lowest BCUT2D eigenvalue weighted by atomic mass is 10.0. The van der Waals surface area contributed by atoms with Gasteiger partial charge in [0, 0.05) is 0 Å². The summed E-state index contributed by atoms with van der Waals surface area (Å²) >= 11 is 0. The largest absolute Gasteiger partial charge is 0.375 e. The maximum Gasteiger partial charge on any atom is 0.0603 e. The van der Waals surface area contributed by atoms with Crippen LogP contribution >= 0.6 is 0 Å². The number of rotatable bonds is 14. The molecule has 1 fully saturated rings. The Kier molecular flexibility index (Phi) is 13.2. The molecule has 0 atom stereocenters. The predicted molar refractivity (Wildman–Crippen MR) is 97.5 cm³/mol. The van der Waals surface area contributed by atoms with Crippen LogP contribution in [0, 0.1) is 0 Å². The van der Waals surface area contributed by atoms with Crippen LogP contribution in [0.5, 0.6) is 0 Å². The van der Waals surface area contributed by atoms with Crippen LogP contribution in [-0.2, 0) is 4.74 Å². The summed E-state index contributed by atoms with van der Waals surface area (Å²) in [6.45, 7) is 6.87. The van der Waals surface area contributed by atoms with Gasteiger partial charge in [0.2, 0.25) is 0 Å². The lowest BCUT2D eigenvalue weighted by Gasteiger charge is -2.28. The van der Waals surface area contributed by atoms with Gasteiger partial charge in [0.25, 0.3) is 0 Å². The molecule has 2 nitrogen and oxygen atoms in total. The van der Waals surface area contributed by atoms with Gasteiger partial charge in [-0.25, -0.2) is 0 Å². The lowest BCUT2D eigenvalue weighted by Crippen LogP contribution is -2.34. The second-order valence-electron chi connectivity index (χ2n) is 7.11. The Morgan fingerprint density at radius 1 is 0.773 bits per heavy atom. The van der Waals surface area contributed by atoms with Gasteiger partial charge in [-0.15, -0.1) is 0 Å². The molecule has 0 unspecified atom stereocenters. The van der Waals surface area contributed by atoms with E-state index in [0.717, 1.165) is 13.1 Å². The van der Waals surface area contributed by atoms with Crippen molar-refractivity contribution in [3.05, 3.63) is 0 Å². The predicted octanol–water partition coefficient (Wildman–Crippen LogP) is 5.84. The summed E-state index contributed by atoms with van der Waals surface area (Å²) in [5, 5.41) is 3.44. The topological polar surface area (TPSA) is 21.3 Å². The zero-order valence-corrected chi connectivity index (χ0v) is 15.4. The van der Waals surface area contributed by atoms with Crippen molar-refractivity contribution in [2.75, 3.05) is 13.1 Å². The number of hydrogen-bond donors (Lipinski definition) is 1. The molecule has 0 spiro atoms. The van der Waals surface area contributed by atoms with Crippen molar-refractivity contribution in [3.8, 4) is 0 Å². The summed E-state index contributed by atoms with van der Waals surface area (Å²) in [4.78, 5) is 0. The maximum atomic E-state index is 6.46. The third kappa shape index (κ3) is 10.6. The van der Waals surface area contributed by atoms with E-state index in [0.29, 0.717) is 12.2 Å². The summed E-state index contributed by atoms with van der Waals surface area (Å²) in [6, 6.07) is 0. The summed E-state index contributed by atoms with van der Waals surface area (Å²) in [6.07, 6.45) is 19.9. The Morgan fingerprint density at radius 3 is 1.77 bits per heavy atom. The summed E-state index contributed by atoms with van der Waals surface area (Å²) < 4.78 is 6.46. The van der Waals surface area contributed by atoms with E-state index in [1.165, 1.54) is 89.9 Å². The average molecular weight is 312 g/mol. The van der Waals surface area contributed by atoms with Crippen molar-refractivity contribution in [1.82, 2.24) is 5.32 Å². The molecule has 0 bridgehead atoms. The lowest BCUT2D eigenvalue weighted by molar-refractivity contribution is -0.0357. The summed E-state index contributed by atoms with van der Waals surface area (Å²) in [5.74, 6) is 0. The van der Waals surface area contributed by atoms with Crippen molar-refractivity contribution >= 4 is 0 Å². The van der Waals surface area contributed by atoms with Gasteiger partial charge in [-0.05, 0) is 38.8 Å². The van der Waals surface area contributed by atoms with E-state index in [4.69, 9.17) is 4.74 Å². The fourth-order valence-corrected chi connectivity index (χ4v) is 3.44. The van der Waals surface area contributed by atoms with Crippen LogP contribution in [0.1, 0.15) is 104 Å². The molecular weight excluding hydrogens is 270 g/mol. The van der Waals surface area contributed by atoms with E-state index >= 15 is 0 Å². The average Bonchev–Trinajstić information content (AvgIpc) is 2.55. The van der Waals surface area contributed by atoms with Crippen molar-refractivity contribution in [2.45, 2.75) is 116 Å². The Morgan fingerprint density at radius 2 is 1.27 bits per heavy atom. The normalized spacial score (nSPS) is 16.5. The van der Waals surface area contributed by atoms with Crippen molar-refractivity contribution in [3.63, 3.8) is 0 Å². The Labute approximate surface area is 139 Å². The molecular formula is C20H41NO. The third-order valence-corrected chi connectivity index (χ3v) is 4.93. The molecule has 2 heteroatoms. The Balaban J connectivity index is 2.18. The van der Waals surface area contributed by atoms with Gasteiger partial charge in [0.1, 0.15) is 0 Å². The van der Waals surface area contributed by atoms with Gasteiger partial charge in [0.05, 0.1) is 12.2 Å². The molecule has 0 radical (unpaired) electrons. The fourth-order valence-electron chi connectivity index (χ4n) is 3.44. The van der Waals surface area contributed by atoms with Crippen LogP contribution in [0.2, 0.25) is 0 Å². The van der Waals surface area contributed by atoms with E-state index in [-0.39, 0.29) is 0 Å². The Bertz CT molecular complexity index is 212. The molecule has 0 saturated carbocycles. The van der Waals surface area contributed by atoms with E-state index in [1.54, 1.807) is 0 Å². The molecule has 1 rings (SSSR count). The standard InChI is InChI=1S/C20H41NO/c1-3-5-7-9-11-13-19(14-12-10-8-6-4-2)22-20-15-17-21-18-16-20/h19-21H,3-18H2,1-2H3. The molecule has 1 saturated heterocycles. The third-order valence-electron chi connectivity index (χ3n) is 4.93. The van der Waals surface area contributed by atoms with Crippen LogP contribution in [-0.4, -0.2) is 25.3 Å². The van der Waals surface area contributed by atoms with Crippen molar-refractivity contribution in [1.29, 1.82) is 0 Å². The molecule has 132 valence electrons. The molecule has 1 heterocycles.